The molecule has 0 saturated carbocycles. The average molecular weight is 257 g/mol. The fourth-order valence-electron chi connectivity index (χ4n) is 2.10. The molecular weight excluding hydrogens is 238 g/mol. The summed E-state index contributed by atoms with van der Waals surface area (Å²) in [5.41, 5.74) is 8.48. The minimum atomic E-state index is -0.0942. The van der Waals surface area contributed by atoms with Crippen LogP contribution in [0, 0.1) is 0 Å². The molecule has 2 N–H and O–H groups in total. The first kappa shape index (κ1) is 13.4. The van der Waals surface area contributed by atoms with E-state index in [4.69, 9.17) is 15.2 Å². The summed E-state index contributed by atoms with van der Waals surface area (Å²) in [6.45, 7) is 0. The molecule has 0 heterocycles. The van der Waals surface area contributed by atoms with Gasteiger partial charge >= 0.3 is 0 Å². The van der Waals surface area contributed by atoms with Gasteiger partial charge in [0.05, 0.1) is 14.2 Å². The standard InChI is InChI=1S/C16H19NO2/c1-18-13-8-9-14(16(11-13)19-2)15(17)10-12-6-4-3-5-7-12/h3-9,11,15H,10,17H2,1-2H3. The van der Waals surface area contributed by atoms with Gasteiger partial charge in [0.15, 0.2) is 0 Å². The molecule has 0 saturated heterocycles. The number of rotatable bonds is 5. The topological polar surface area (TPSA) is 44.5 Å². The Hall–Kier alpha value is -2.00. The lowest BCUT2D eigenvalue weighted by Gasteiger charge is -2.16. The molecule has 0 bridgehead atoms. The lowest BCUT2D eigenvalue weighted by atomic mass is 9.99. The normalized spacial score (nSPS) is 11.9. The molecule has 3 heteroatoms. The zero-order valence-corrected chi connectivity index (χ0v) is 11.3. The Bertz CT molecular complexity index is 526. The second-order valence-electron chi connectivity index (χ2n) is 4.40. The molecule has 0 aliphatic carbocycles. The van der Waals surface area contributed by atoms with Gasteiger partial charge < -0.3 is 15.2 Å². The van der Waals surface area contributed by atoms with E-state index in [2.05, 4.69) is 12.1 Å². The summed E-state index contributed by atoms with van der Waals surface area (Å²) in [5.74, 6) is 1.54. The van der Waals surface area contributed by atoms with Crippen molar-refractivity contribution in [2.75, 3.05) is 14.2 Å². The van der Waals surface area contributed by atoms with Crippen molar-refractivity contribution in [2.24, 2.45) is 5.73 Å². The third kappa shape index (κ3) is 3.26. The highest BCUT2D eigenvalue weighted by Gasteiger charge is 2.13. The van der Waals surface area contributed by atoms with Crippen molar-refractivity contribution in [3.63, 3.8) is 0 Å². The summed E-state index contributed by atoms with van der Waals surface area (Å²) in [4.78, 5) is 0. The molecule has 0 radical (unpaired) electrons. The summed E-state index contributed by atoms with van der Waals surface area (Å²) >= 11 is 0. The van der Waals surface area contributed by atoms with E-state index < -0.39 is 0 Å². The molecule has 0 aromatic heterocycles. The Balaban J connectivity index is 2.21. The van der Waals surface area contributed by atoms with Crippen LogP contribution in [0.3, 0.4) is 0 Å². The monoisotopic (exact) mass is 257 g/mol. The number of methoxy groups -OCH3 is 2. The van der Waals surface area contributed by atoms with E-state index >= 15 is 0 Å². The van der Waals surface area contributed by atoms with Gasteiger partial charge in [-0.1, -0.05) is 36.4 Å². The van der Waals surface area contributed by atoms with E-state index in [1.165, 1.54) is 5.56 Å². The molecule has 3 nitrogen and oxygen atoms in total. The molecule has 0 fully saturated rings. The van der Waals surface area contributed by atoms with Gasteiger partial charge in [-0.25, -0.2) is 0 Å². The van der Waals surface area contributed by atoms with Crippen LogP contribution in [-0.2, 0) is 6.42 Å². The van der Waals surface area contributed by atoms with Crippen molar-refractivity contribution in [3.8, 4) is 11.5 Å². The molecule has 2 aromatic carbocycles. The van der Waals surface area contributed by atoms with Crippen LogP contribution in [0.1, 0.15) is 17.2 Å². The smallest absolute Gasteiger partial charge is 0.127 e. The summed E-state index contributed by atoms with van der Waals surface area (Å²) in [7, 11) is 3.28. The Kier molecular flexibility index (Phi) is 4.42. The van der Waals surface area contributed by atoms with Gasteiger partial charge in [-0.3, -0.25) is 0 Å². The predicted molar refractivity (Wildman–Crippen MR) is 76.6 cm³/mol. The third-order valence-corrected chi connectivity index (χ3v) is 3.14. The van der Waals surface area contributed by atoms with Crippen LogP contribution in [0.2, 0.25) is 0 Å². The van der Waals surface area contributed by atoms with Crippen molar-refractivity contribution in [3.05, 3.63) is 59.7 Å². The zero-order chi connectivity index (χ0) is 13.7. The second kappa shape index (κ2) is 6.25. The van der Waals surface area contributed by atoms with Crippen molar-refractivity contribution in [2.45, 2.75) is 12.5 Å². The van der Waals surface area contributed by atoms with Gasteiger partial charge in [-0.2, -0.15) is 0 Å². The van der Waals surface area contributed by atoms with E-state index in [9.17, 15) is 0 Å². The maximum Gasteiger partial charge on any atom is 0.127 e. The molecule has 0 amide bonds. The highest BCUT2D eigenvalue weighted by Crippen LogP contribution is 2.29. The molecule has 1 unspecified atom stereocenters. The van der Waals surface area contributed by atoms with Crippen molar-refractivity contribution < 1.29 is 9.47 Å². The fourth-order valence-corrected chi connectivity index (χ4v) is 2.10. The summed E-state index contributed by atoms with van der Waals surface area (Å²) in [6.07, 6.45) is 0.781. The summed E-state index contributed by atoms with van der Waals surface area (Å²) < 4.78 is 10.6. The van der Waals surface area contributed by atoms with Crippen LogP contribution < -0.4 is 15.2 Å². The van der Waals surface area contributed by atoms with Crippen molar-refractivity contribution in [1.29, 1.82) is 0 Å². The van der Waals surface area contributed by atoms with Crippen LogP contribution >= 0.6 is 0 Å². The number of hydrogen-bond donors (Lipinski definition) is 1. The zero-order valence-electron chi connectivity index (χ0n) is 11.3. The highest BCUT2D eigenvalue weighted by atomic mass is 16.5. The van der Waals surface area contributed by atoms with E-state index in [1.54, 1.807) is 14.2 Å². The largest absolute Gasteiger partial charge is 0.497 e. The van der Waals surface area contributed by atoms with E-state index in [0.29, 0.717) is 0 Å². The van der Waals surface area contributed by atoms with Crippen LogP contribution in [0.5, 0.6) is 11.5 Å². The molecule has 0 aliphatic rings. The van der Waals surface area contributed by atoms with Crippen LogP contribution in [0.15, 0.2) is 48.5 Å². The van der Waals surface area contributed by atoms with Gasteiger partial charge in [-0.15, -0.1) is 0 Å². The van der Waals surface area contributed by atoms with Crippen LogP contribution in [0.4, 0.5) is 0 Å². The summed E-state index contributed by atoms with van der Waals surface area (Å²) in [5, 5.41) is 0. The minimum absolute atomic E-state index is 0.0942. The maximum atomic E-state index is 6.27. The van der Waals surface area contributed by atoms with E-state index in [0.717, 1.165) is 23.5 Å². The van der Waals surface area contributed by atoms with Crippen molar-refractivity contribution in [1.82, 2.24) is 0 Å². The van der Waals surface area contributed by atoms with Gasteiger partial charge in [0.2, 0.25) is 0 Å². The molecule has 19 heavy (non-hydrogen) atoms. The SMILES string of the molecule is COc1ccc(C(N)Cc2ccccc2)c(OC)c1. The van der Waals surface area contributed by atoms with Crippen molar-refractivity contribution >= 4 is 0 Å². The van der Waals surface area contributed by atoms with Gasteiger partial charge in [0.25, 0.3) is 0 Å². The first-order chi connectivity index (χ1) is 9.24. The second-order valence-corrected chi connectivity index (χ2v) is 4.40. The van der Waals surface area contributed by atoms with Gasteiger partial charge in [0.1, 0.15) is 11.5 Å². The number of nitrogens with two attached hydrogens (primary N) is 1. The van der Waals surface area contributed by atoms with Crippen LogP contribution in [-0.4, -0.2) is 14.2 Å². The molecule has 2 rings (SSSR count). The molecule has 0 spiro atoms. The Morgan fingerprint density at radius 1 is 1.00 bits per heavy atom. The minimum Gasteiger partial charge on any atom is -0.497 e. The Labute approximate surface area is 114 Å². The average Bonchev–Trinajstić information content (AvgIpc) is 2.47. The molecule has 1 atom stereocenters. The molecule has 100 valence electrons. The lowest BCUT2D eigenvalue weighted by Crippen LogP contribution is -2.14. The van der Waals surface area contributed by atoms with E-state index in [-0.39, 0.29) is 6.04 Å². The number of benzene rings is 2. The third-order valence-electron chi connectivity index (χ3n) is 3.14. The first-order valence-electron chi connectivity index (χ1n) is 6.26. The Morgan fingerprint density at radius 2 is 1.74 bits per heavy atom. The quantitative estimate of drug-likeness (QED) is 0.895. The number of ether oxygens (including phenoxy) is 2. The number of hydrogen-bond acceptors (Lipinski definition) is 3. The highest BCUT2D eigenvalue weighted by molar-refractivity contribution is 5.43. The van der Waals surface area contributed by atoms with Gasteiger partial charge in [-0.05, 0) is 18.1 Å². The van der Waals surface area contributed by atoms with E-state index in [1.807, 2.05) is 36.4 Å². The molecular formula is C16H19NO2. The molecule has 2 aromatic rings. The Morgan fingerprint density at radius 3 is 2.37 bits per heavy atom. The van der Waals surface area contributed by atoms with Gasteiger partial charge in [0, 0.05) is 17.7 Å². The first-order valence-corrected chi connectivity index (χ1v) is 6.26. The fraction of sp³-hybridized carbons (Fsp3) is 0.250. The lowest BCUT2D eigenvalue weighted by molar-refractivity contribution is 0.388. The predicted octanol–water partition coefficient (Wildman–Crippen LogP) is 2.95. The summed E-state index contributed by atoms with van der Waals surface area (Å²) in [6, 6.07) is 15.8. The van der Waals surface area contributed by atoms with Crippen LogP contribution in [0.25, 0.3) is 0 Å². The maximum absolute atomic E-state index is 6.27. The molecule has 0 aliphatic heterocycles.